The van der Waals surface area contributed by atoms with Gasteiger partial charge in [-0.2, -0.15) is 0 Å². The molecular weight excluding hydrogens is 228 g/mol. The van der Waals surface area contributed by atoms with Gasteiger partial charge in [-0.25, -0.2) is 4.98 Å². The molecule has 1 aliphatic rings. The summed E-state index contributed by atoms with van der Waals surface area (Å²) in [5.74, 6) is 1.18. The molecule has 1 aromatic carbocycles. The standard InChI is InChI=1S/C14H14N2O2/c1-2-3-13(17)15-10-6-7-12-11(8-10)16-14(18-12)9-4-5-9/h2-3,6-9H,4-5H2,1H3,(H,15,17). The molecule has 0 unspecified atom stereocenters. The van der Waals surface area contributed by atoms with Crippen molar-refractivity contribution in [1.29, 1.82) is 0 Å². The van der Waals surface area contributed by atoms with E-state index in [0.717, 1.165) is 35.5 Å². The fourth-order valence-corrected chi connectivity index (χ4v) is 1.86. The van der Waals surface area contributed by atoms with E-state index in [1.54, 1.807) is 6.08 Å². The Kier molecular flexibility index (Phi) is 2.63. The van der Waals surface area contributed by atoms with Crippen molar-refractivity contribution in [3.8, 4) is 0 Å². The van der Waals surface area contributed by atoms with Gasteiger partial charge in [0.1, 0.15) is 5.52 Å². The average Bonchev–Trinajstić information content (AvgIpc) is 3.10. The van der Waals surface area contributed by atoms with Crippen molar-refractivity contribution in [2.45, 2.75) is 25.7 Å². The van der Waals surface area contributed by atoms with Gasteiger partial charge in [-0.05, 0) is 44.0 Å². The number of benzene rings is 1. The third-order valence-electron chi connectivity index (χ3n) is 2.92. The minimum atomic E-state index is -0.136. The second kappa shape index (κ2) is 4.29. The highest BCUT2D eigenvalue weighted by atomic mass is 16.3. The van der Waals surface area contributed by atoms with Crippen molar-refractivity contribution in [2.75, 3.05) is 5.32 Å². The summed E-state index contributed by atoms with van der Waals surface area (Å²) >= 11 is 0. The normalized spacial score (nSPS) is 15.4. The van der Waals surface area contributed by atoms with E-state index in [-0.39, 0.29) is 5.91 Å². The van der Waals surface area contributed by atoms with Crippen LogP contribution >= 0.6 is 0 Å². The number of fused-ring (bicyclic) bond motifs is 1. The van der Waals surface area contributed by atoms with Crippen LogP contribution in [0.2, 0.25) is 0 Å². The molecule has 1 saturated carbocycles. The molecule has 1 heterocycles. The number of aromatic nitrogens is 1. The van der Waals surface area contributed by atoms with Crippen LogP contribution in [0.4, 0.5) is 5.69 Å². The molecule has 1 aliphatic carbocycles. The topological polar surface area (TPSA) is 55.1 Å². The van der Waals surface area contributed by atoms with Crippen molar-refractivity contribution in [1.82, 2.24) is 4.98 Å². The van der Waals surface area contributed by atoms with Crippen LogP contribution in [0.5, 0.6) is 0 Å². The molecule has 0 bridgehead atoms. The lowest BCUT2D eigenvalue weighted by Crippen LogP contribution is -2.07. The van der Waals surface area contributed by atoms with Gasteiger partial charge in [0.15, 0.2) is 11.5 Å². The molecule has 1 aromatic heterocycles. The first-order chi connectivity index (χ1) is 8.76. The molecule has 0 aliphatic heterocycles. The predicted octanol–water partition coefficient (Wildman–Crippen LogP) is 3.22. The van der Waals surface area contributed by atoms with Crippen LogP contribution in [0.3, 0.4) is 0 Å². The number of carbonyl (C=O) groups excluding carboxylic acids is 1. The van der Waals surface area contributed by atoms with E-state index < -0.39 is 0 Å². The second-order valence-corrected chi connectivity index (χ2v) is 4.50. The zero-order valence-electron chi connectivity index (χ0n) is 10.1. The predicted molar refractivity (Wildman–Crippen MR) is 69.4 cm³/mol. The maximum atomic E-state index is 11.4. The lowest BCUT2D eigenvalue weighted by atomic mass is 10.3. The van der Waals surface area contributed by atoms with Crippen LogP contribution in [0.25, 0.3) is 11.1 Å². The molecule has 0 saturated heterocycles. The van der Waals surface area contributed by atoms with E-state index in [9.17, 15) is 4.79 Å². The molecule has 92 valence electrons. The van der Waals surface area contributed by atoms with Gasteiger partial charge in [0, 0.05) is 11.6 Å². The third-order valence-corrected chi connectivity index (χ3v) is 2.92. The van der Waals surface area contributed by atoms with Gasteiger partial charge < -0.3 is 9.73 Å². The number of amides is 1. The minimum Gasteiger partial charge on any atom is -0.440 e. The molecular formula is C14H14N2O2. The molecule has 4 heteroatoms. The highest BCUT2D eigenvalue weighted by molar-refractivity contribution is 6.00. The molecule has 1 N–H and O–H groups in total. The van der Waals surface area contributed by atoms with Crippen LogP contribution in [0.1, 0.15) is 31.6 Å². The van der Waals surface area contributed by atoms with Gasteiger partial charge >= 0.3 is 0 Å². The van der Waals surface area contributed by atoms with E-state index in [2.05, 4.69) is 10.3 Å². The summed E-state index contributed by atoms with van der Waals surface area (Å²) in [7, 11) is 0. The SMILES string of the molecule is CC=CC(=O)Nc1ccc2oc(C3CC3)nc2c1. The number of nitrogens with one attached hydrogen (secondary N) is 1. The van der Waals surface area contributed by atoms with Crippen molar-refractivity contribution in [3.63, 3.8) is 0 Å². The Labute approximate surface area is 105 Å². The summed E-state index contributed by atoms with van der Waals surface area (Å²) in [6.07, 6.45) is 5.52. The van der Waals surface area contributed by atoms with Crippen molar-refractivity contribution in [3.05, 3.63) is 36.2 Å². The lowest BCUT2D eigenvalue weighted by Gasteiger charge is -2.00. The van der Waals surface area contributed by atoms with Gasteiger partial charge in [0.05, 0.1) is 0 Å². The molecule has 0 atom stereocenters. The molecule has 0 spiro atoms. The summed E-state index contributed by atoms with van der Waals surface area (Å²) < 4.78 is 5.66. The van der Waals surface area contributed by atoms with E-state index in [1.807, 2.05) is 25.1 Å². The van der Waals surface area contributed by atoms with Gasteiger partial charge in [0.2, 0.25) is 5.91 Å². The zero-order chi connectivity index (χ0) is 12.5. The summed E-state index contributed by atoms with van der Waals surface area (Å²) in [6, 6.07) is 5.51. The Bertz CT molecular complexity index is 624. The van der Waals surface area contributed by atoms with Gasteiger partial charge in [-0.15, -0.1) is 0 Å². The number of anilines is 1. The Balaban J connectivity index is 1.87. The maximum absolute atomic E-state index is 11.4. The third kappa shape index (κ3) is 2.14. The van der Waals surface area contributed by atoms with E-state index in [0.29, 0.717) is 5.92 Å². The summed E-state index contributed by atoms with van der Waals surface area (Å²) in [6.45, 7) is 1.81. The summed E-state index contributed by atoms with van der Waals surface area (Å²) in [4.78, 5) is 15.9. The minimum absolute atomic E-state index is 0.136. The van der Waals surface area contributed by atoms with Crippen molar-refractivity contribution < 1.29 is 9.21 Å². The Hall–Kier alpha value is -2.10. The highest BCUT2D eigenvalue weighted by Gasteiger charge is 2.28. The number of rotatable bonds is 3. The largest absolute Gasteiger partial charge is 0.440 e. The molecule has 1 amide bonds. The smallest absolute Gasteiger partial charge is 0.248 e. The van der Waals surface area contributed by atoms with Crippen LogP contribution in [-0.4, -0.2) is 10.9 Å². The molecule has 1 fully saturated rings. The van der Waals surface area contributed by atoms with E-state index in [1.165, 1.54) is 6.08 Å². The van der Waals surface area contributed by atoms with Crippen LogP contribution in [0, 0.1) is 0 Å². The quantitative estimate of drug-likeness (QED) is 0.841. The van der Waals surface area contributed by atoms with E-state index in [4.69, 9.17) is 4.42 Å². The second-order valence-electron chi connectivity index (χ2n) is 4.50. The highest BCUT2D eigenvalue weighted by Crippen LogP contribution is 2.40. The molecule has 2 aromatic rings. The molecule has 0 radical (unpaired) electrons. The number of hydrogen-bond donors (Lipinski definition) is 1. The first kappa shape index (κ1) is 11.0. The van der Waals surface area contributed by atoms with Gasteiger partial charge in [-0.1, -0.05) is 6.08 Å². The monoisotopic (exact) mass is 242 g/mol. The first-order valence-electron chi connectivity index (χ1n) is 6.10. The molecule has 4 nitrogen and oxygen atoms in total. The maximum Gasteiger partial charge on any atom is 0.248 e. The van der Waals surface area contributed by atoms with Crippen LogP contribution < -0.4 is 5.32 Å². The Morgan fingerprint density at radius 2 is 2.33 bits per heavy atom. The van der Waals surface area contributed by atoms with Gasteiger partial charge in [0.25, 0.3) is 0 Å². The zero-order valence-corrected chi connectivity index (χ0v) is 10.1. The van der Waals surface area contributed by atoms with Crippen molar-refractivity contribution in [2.24, 2.45) is 0 Å². The number of oxazole rings is 1. The molecule has 3 rings (SSSR count). The van der Waals surface area contributed by atoms with Crippen LogP contribution in [-0.2, 0) is 4.79 Å². The Morgan fingerprint density at radius 1 is 1.50 bits per heavy atom. The summed E-state index contributed by atoms with van der Waals surface area (Å²) in [5, 5.41) is 2.78. The number of nitrogens with zero attached hydrogens (tertiary/aromatic N) is 1. The van der Waals surface area contributed by atoms with Gasteiger partial charge in [-0.3, -0.25) is 4.79 Å². The average molecular weight is 242 g/mol. The first-order valence-corrected chi connectivity index (χ1v) is 6.10. The summed E-state index contributed by atoms with van der Waals surface area (Å²) in [5.41, 5.74) is 2.32. The lowest BCUT2D eigenvalue weighted by molar-refractivity contribution is -0.111. The number of hydrogen-bond acceptors (Lipinski definition) is 3. The Morgan fingerprint density at radius 3 is 3.06 bits per heavy atom. The van der Waals surface area contributed by atoms with E-state index >= 15 is 0 Å². The number of allylic oxidation sites excluding steroid dienone is 1. The number of carbonyl (C=O) groups is 1. The fraction of sp³-hybridized carbons (Fsp3) is 0.286. The molecule has 18 heavy (non-hydrogen) atoms. The fourth-order valence-electron chi connectivity index (χ4n) is 1.86. The van der Waals surface area contributed by atoms with Crippen molar-refractivity contribution >= 4 is 22.7 Å². The van der Waals surface area contributed by atoms with Crippen LogP contribution in [0.15, 0.2) is 34.8 Å².